The average Bonchev–Trinajstić information content (AvgIpc) is 2.65. The molecule has 0 bridgehead atoms. The quantitative estimate of drug-likeness (QED) is 0.548. The number of hydrogen-bond acceptors (Lipinski definition) is 6. The largest absolute Gasteiger partial charge is 0.480 e. The number of carbonyl (C=O) groups is 3. The highest BCUT2D eigenvalue weighted by molar-refractivity contribution is 7.87. The minimum atomic E-state index is -4.16. The van der Waals surface area contributed by atoms with Crippen LogP contribution >= 0.6 is 0 Å². The molecule has 2 amide bonds. The molecule has 0 saturated carbocycles. The summed E-state index contributed by atoms with van der Waals surface area (Å²) < 4.78 is 30.0. The van der Waals surface area contributed by atoms with E-state index in [0.29, 0.717) is 0 Å². The van der Waals surface area contributed by atoms with Gasteiger partial charge in [-0.15, -0.1) is 0 Å². The van der Waals surface area contributed by atoms with Crippen molar-refractivity contribution in [3.05, 3.63) is 59.7 Å². The van der Waals surface area contributed by atoms with Crippen LogP contribution in [0, 0.1) is 6.92 Å². The Balaban J connectivity index is 2.11. The van der Waals surface area contributed by atoms with Crippen LogP contribution in [-0.2, 0) is 19.7 Å². The van der Waals surface area contributed by atoms with Gasteiger partial charge in [-0.2, -0.15) is 8.42 Å². The summed E-state index contributed by atoms with van der Waals surface area (Å²) in [4.78, 5) is 34.1. The molecule has 0 radical (unpaired) electrons. The first-order valence-corrected chi connectivity index (χ1v) is 9.47. The summed E-state index contributed by atoms with van der Waals surface area (Å²) in [6, 6.07) is 11.7. The molecule has 0 aliphatic rings. The second-order valence-corrected chi connectivity index (χ2v) is 7.25. The molecule has 0 fully saturated rings. The van der Waals surface area contributed by atoms with Crippen LogP contribution in [0.5, 0.6) is 5.75 Å². The Hall–Kier alpha value is -3.40. The molecule has 0 aliphatic carbocycles. The molecule has 0 aromatic heterocycles. The van der Waals surface area contributed by atoms with Gasteiger partial charge in [0.05, 0.1) is 12.1 Å². The van der Waals surface area contributed by atoms with Crippen molar-refractivity contribution in [1.82, 2.24) is 10.6 Å². The van der Waals surface area contributed by atoms with Crippen molar-refractivity contribution in [1.29, 1.82) is 0 Å². The fraction of sp³-hybridized carbons (Fsp3) is 0.167. The minimum absolute atomic E-state index is 0.0682. The summed E-state index contributed by atoms with van der Waals surface area (Å²) in [5.74, 6) is -2.88. The molecule has 10 heteroatoms. The molecule has 0 aliphatic heterocycles. The molecule has 0 heterocycles. The molecule has 28 heavy (non-hydrogen) atoms. The second kappa shape index (κ2) is 9.00. The predicted molar refractivity (Wildman–Crippen MR) is 98.4 cm³/mol. The van der Waals surface area contributed by atoms with E-state index < -0.39 is 41.0 Å². The third kappa shape index (κ3) is 5.81. The molecule has 148 valence electrons. The van der Waals surface area contributed by atoms with Crippen LogP contribution in [0.3, 0.4) is 0 Å². The first-order chi connectivity index (χ1) is 13.2. The Kier molecular flexibility index (Phi) is 6.72. The molecule has 2 aromatic rings. The summed E-state index contributed by atoms with van der Waals surface area (Å²) in [7, 11) is -4.16. The summed E-state index contributed by atoms with van der Waals surface area (Å²) in [5, 5.41) is 12.9. The van der Waals surface area contributed by atoms with Crippen molar-refractivity contribution in [2.24, 2.45) is 0 Å². The lowest BCUT2D eigenvalue weighted by molar-refractivity contribution is -0.137. The lowest BCUT2D eigenvalue weighted by Crippen LogP contribution is -2.39. The van der Waals surface area contributed by atoms with Crippen LogP contribution in [-0.4, -0.2) is 44.4 Å². The van der Waals surface area contributed by atoms with Crippen molar-refractivity contribution < 1.29 is 32.1 Å². The van der Waals surface area contributed by atoms with E-state index in [0.717, 1.165) is 5.56 Å². The third-order valence-corrected chi connectivity index (χ3v) is 4.74. The Morgan fingerprint density at radius 2 is 1.61 bits per heavy atom. The van der Waals surface area contributed by atoms with E-state index in [1.54, 1.807) is 12.1 Å². The standard InChI is InChI=1S/C18H18N2O7S/c1-12-6-8-13(9-7-12)28(25,26)27-15-5-3-2-4-14(15)18(24)20-10-16(21)19-11-17(22)23/h2-9H,10-11H2,1H3,(H,19,21)(H,20,24)(H,22,23). The predicted octanol–water partition coefficient (Wildman–Crippen LogP) is 0.693. The van der Waals surface area contributed by atoms with Gasteiger partial charge in [0.15, 0.2) is 5.75 Å². The fourth-order valence-corrected chi connectivity index (χ4v) is 3.04. The van der Waals surface area contributed by atoms with Crippen molar-refractivity contribution in [3.63, 3.8) is 0 Å². The van der Waals surface area contributed by atoms with Crippen molar-refractivity contribution in [3.8, 4) is 5.75 Å². The fourth-order valence-electron chi connectivity index (χ4n) is 2.09. The molecule has 0 unspecified atom stereocenters. The smallest absolute Gasteiger partial charge is 0.339 e. The Morgan fingerprint density at radius 1 is 0.964 bits per heavy atom. The Labute approximate surface area is 161 Å². The number of carboxylic acid groups (broad SMARTS) is 1. The van der Waals surface area contributed by atoms with Crippen molar-refractivity contribution in [2.75, 3.05) is 13.1 Å². The normalized spacial score (nSPS) is 10.8. The zero-order chi connectivity index (χ0) is 20.7. The number of carboxylic acids is 1. The summed E-state index contributed by atoms with van der Waals surface area (Å²) >= 11 is 0. The van der Waals surface area contributed by atoms with Crippen LogP contribution in [0.1, 0.15) is 15.9 Å². The highest BCUT2D eigenvalue weighted by Gasteiger charge is 2.21. The monoisotopic (exact) mass is 406 g/mol. The number of amides is 2. The summed E-state index contributed by atoms with van der Waals surface area (Å²) in [5.41, 5.74) is 0.782. The van der Waals surface area contributed by atoms with Gasteiger partial charge < -0.3 is 19.9 Å². The summed E-state index contributed by atoms with van der Waals surface area (Å²) in [6.45, 7) is 0.748. The minimum Gasteiger partial charge on any atom is -0.480 e. The van der Waals surface area contributed by atoms with Crippen LogP contribution < -0.4 is 14.8 Å². The van der Waals surface area contributed by atoms with Gasteiger partial charge in [-0.05, 0) is 31.2 Å². The SMILES string of the molecule is Cc1ccc(S(=O)(=O)Oc2ccccc2C(=O)NCC(=O)NCC(=O)O)cc1. The lowest BCUT2D eigenvalue weighted by Gasteiger charge is -2.12. The average molecular weight is 406 g/mol. The molecule has 2 aromatic carbocycles. The topological polar surface area (TPSA) is 139 Å². The van der Waals surface area contributed by atoms with Crippen LogP contribution in [0.25, 0.3) is 0 Å². The lowest BCUT2D eigenvalue weighted by atomic mass is 10.2. The maximum Gasteiger partial charge on any atom is 0.339 e. The Morgan fingerprint density at radius 3 is 2.25 bits per heavy atom. The molecule has 9 nitrogen and oxygen atoms in total. The molecule has 0 saturated heterocycles. The number of carbonyl (C=O) groups excluding carboxylic acids is 2. The van der Waals surface area contributed by atoms with Gasteiger partial charge >= 0.3 is 16.1 Å². The van der Waals surface area contributed by atoms with E-state index >= 15 is 0 Å². The van der Waals surface area contributed by atoms with E-state index in [4.69, 9.17) is 9.29 Å². The zero-order valence-electron chi connectivity index (χ0n) is 14.8. The molecule has 0 atom stereocenters. The number of nitrogens with one attached hydrogen (secondary N) is 2. The molecular formula is C18H18N2O7S. The second-order valence-electron chi connectivity index (χ2n) is 5.70. The van der Waals surface area contributed by atoms with Crippen molar-refractivity contribution >= 4 is 27.9 Å². The van der Waals surface area contributed by atoms with Crippen molar-refractivity contribution in [2.45, 2.75) is 11.8 Å². The molecular weight excluding hydrogens is 388 g/mol. The number of aryl methyl sites for hydroxylation is 1. The maximum absolute atomic E-state index is 12.4. The van der Waals surface area contributed by atoms with Gasteiger partial charge in [0.25, 0.3) is 5.91 Å². The van der Waals surface area contributed by atoms with Crippen LogP contribution in [0.15, 0.2) is 53.4 Å². The number of aliphatic carboxylic acids is 1. The van der Waals surface area contributed by atoms with Gasteiger partial charge in [0.2, 0.25) is 5.91 Å². The molecule has 3 N–H and O–H groups in total. The zero-order valence-corrected chi connectivity index (χ0v) is 15.7. The molecule has 0 spiro atoms. The van der Waals surface area contributed by atoms with Crippen LogP contribution in [0.2, 0.25) is 0 Å². The van der Waals surface area contributed by atoms with E-state index in [9.17, 15) is 22.8 Å². The Bertz CT molecular complexity index is 985. The number of para-hydroxylation sites is 1. The van der Waals surface area contributed by atoms with Crippen LogP contribution in [0.4, 0.5) is 0 Å². The molecule has 2 rings (SSSR count). The highest BCUT2D eigenvalue weighted by atomic mass is 32.2. The van der Waals surface area contributed by atoms with Gasteiger partial charge in [0, 0.05) is 0 Å². The van der Waals surface area contributed by atoms with Gasteiger partial charge in [-0.25, -0.2) is 0 Å². The first kappa shape index (κ1) is 20.9. The highest BCUT2D eigenvalue weighted by Crippen LogP contribution is 2.23. The maximum atomic E-state index is 12.4. The van der Waals surface area contributed by atoms with E-state index in [1.165, 1.54) is 36.4 Å². The van der Waals surface area contributed by atoms with Gasteiger partial charge in [-0.1, -0.05) is 29.8 Å². The third-order valence-electron chi connectivity index (χ3n) is 3.49. The van der Waals surface area contributed by atoms with E-state index in [2.05, 4.69) is 10.6 Å². The van der Waals surface area contributed by atoms with Gasteiger partial charge in [-0.3, -0.25) is 14.4 Å². The van der Waals surface area contributed by atoms with E-state index in [1.807, 2.05) is 6.92 Å². The first-order valence-electron chi connectivity index (χ1n) is 8.06. The van der Waals surface area contributed by atoms with E-state index in [-0.39, 0.29) is 16.2 Å². The number of benzene rings is 2. The number of hydrogen-bond donors (Lipinski definition) is 3. The van der Waals surface area contributed by atoms with Gasteiger partial charge in [0.1, 0.15) is 11.4 Å². The summed E-state index contributed by atoms with van der Waals surface area (Å²) in [6.07, 6.45) is 0. The number of rotatable bonds is 8.